The lowest BCUT2D eigenvalue weighted by molar-refractivity contribution is 0.193. The Bertz CT molecular complexity index is 449. The predicted molar refractivity (Wildman–Crippen MR) is 76.8 cm³/mol. The third-order valence-electron chi connectivity index (χ3n) is 4.31. The average Bonchev–Trinajstić information content (AvgIpc) is 2.80. The Morgan fingerprint density at radius 2 is 2.11 bits per heavy atom. The molecule has 1 aromatic rings. The number of ether oxygens (including phenoxy) is 1. The van der Waals surface area contributed by atoms with Crippen LogP contribution in [-0.2, 0) is 4.74 Å². The first kappa shape index (κ1) is 12.9. The molecule has 0 aliphatic carbocycles. The molecule has 2 saturated heterocycles. The Balaban J connectivity index is 1.81. The molecule has 1 atom stereocenters. The van der Waals surface area contributed by atoms with Gasteiger partial charge in [-0.05, 0) is 33.5 Å². The zero-order chi connectivity index (χ0) is 13.4. The Kier molecular flexibility index (Phi) is 3.46. The molecule has 0 bridgehead atoms. The van der Waals surface area contributed by atoms with Crippen LogP contribution in [0.5, 0.6) is 0 Å². The molecule has 0 radical (unpaired) electrons. The fourth-order valence-corrected chi connectivity index (χ4v) is 2.86. The van der Waals surface area contributed by atoms with Crippen LogP contribution in [-0.4, -0.2) is 56.3 Å². The van der Waals surface area contributed by atoms with Gasteiger partial charge in [0.1, 0.15) is 5.82 Å². The average molecular weight is 261 g/mol. The molecule has 0 amide bonds. The van der Waals surface area contributed by atoms with Gasteiger partial charge in [-0.3, -0.25) is 0 Å². The molecule has 0 saturated carbocycles. The molecule has 1 unspecified atom stereocenters. The smallest absolute Gasteiger partial charge is 0.132 e. The van der Waals surface area contributed by atoms with Gasteiger partial charge in [-0.2, -0.15) is 0 Å². The molecule has 104 valence electrons. The summed E-state index contributed by atoms with van der Waals surface area (Å²) >= 11 is 0. The van der Waals surface area contributed by atoms with Crippen molar-refractivity contribution in [3.63, 3.8) is 0 Å². The number of likely N-dealkylation sites (N-methyl/N-ethyl adjacent to an activating group) is 1. The van der Waals surface area contributed by atoms with Gasteiger partial charge in [0.25, 0.3) is 0 Å². The monoisotopic (exact) mass is 261 g/mol. The standard InChI is InChI=1S/C15H23N3O/c1-11-4-5-14(12-6-7-19-10-12)15(16-11)18-8-13(9-18)17(2)3/h4-5,12-13H,6-10H2,1-3H3. The molecule has 4 heteroatoms. The quantitative estimate of drug-likeness (QED) is 0.827. The highest BCUT2D eigenvalue weighted by Crippen LogP contribution is 2.34. The minimum absolute atomic E-state index is 0.529. The second-order valence-electron chi connectivity index (χ2n) is 5.95. The molecule has 2 fully saturated rings. The van der Waals surface area contributed by atoms with Crippen LogP contribution in [0, 0.1) is 6.92 Å². The first-order valence-electron chi connectivity index (χ1n) is 7.12. The molecule has 3 rings (SSSR count). The van der Waals surface area contributed by atoms with Crippen LogP contribution in [0.25, 0.3) is 0 Å². The maximum Gasteiger partial charge on any atom is 0.132 e. The van der Waals surface area contributed by atoms with Crippen molar-refractivity contribution in [2.45, 2.75) is 25.3 Å². The molecule has 0 N–H and O–H groups in total. The minimum atomic E-state index is 0.529. The van der Waals surface area contributed by atoms with Gasteiger partial charge in [0.15, 0.2) is 0 Å². The highest BCUT2D eigenvalue weighted by Gasteiger charge is 2.32. The highest BCUT2D eigenvalue weighted by atomic mass is 16.5. The summed E-state index contributed by atoms with van der Waals surface area (Å²) in [5.74, 6) is 1.72. The first-order valence-corrected chi connectivity index (χ1v) is 7.12. The second kappa shape index (κ2) is 5.10. The van der Waals surface area contributed by atoms with E-state index in [1.807, 2.05) is 0 Å². The van der Waals surface area contributed by atoms with Gasteiger partial charge in [0.2, 0.25) is 0 Å². The SMILES string of the molecule is Cc1ccc(C2CCOC2)c(N2CC(N(C)C)C2)n1. The zero-order valence-corrected chi connectivity index (χ0v) is 12.1. The van der Waals surface area contributed by atoms with E-state index >= 15 is 0 Å². The number of pyridine rings is 1. The van der Waals surface area contributed by atoms with Gasteiger partial charge < -0.3 is 14.5 Å². The Morgan fingerprint density at radius 3 is 2.74 bits per heavy atom. The van der Waals surface area contributed by atoms with E-state index in [1.54, 1.807) is 0 Å². The van der Waals surface area contributed by atoms with Crippen molar-refractivity contribution in [1.29, 1.82) is 0 Å². The highest BCUT2D eigenvalue weighted by molar-refractivity contribution is 5.52. The van der Waals surface area contributed by atoms with Crippen molar-refractivity contribution in [3.05, 3.63) is 23.4 Å². The summed E-state index contributed by atoms with van der Waals surface area (Å²) < 4.78 is 5.53. The van der Waals surface area contributed by atoms with Crippen LogP contribution in [0.3, 0.4) is 0 Å². The van der Waals surface area contributed by atoms with Crippen LogP contribution < -0.4 is 4.90 Å². The topological polar surface area (TPSA) is 28.6 Å². The van der Waals surface area contributed by atoms with E-state index in [0.29, 0.717) is 12.0 Å². The van der Waals surface area contributed by atoms with Gasteiger partial charge in [0, 0.05) is 42.9 Å². The normalized spacial score (nSPS) is 24.0. The van der Waals surface area contributed by atoms with Crippen molar-refractivity contribution in [3.8, 4) is 0 Å². The predicted octanol–water partition coefficient (Wildman–Crippen LogP) is 1.64. The van der Waals surface area contributed by atoms with Crippen molar-refractivity contribution in [2.24, 2.45) is 0 Å². The van der Waals surface area contributed by atoms with E-state index in [4.69, 9.17) is 9.72 Å². The number of nitrogens with zero attached hydrogens (tertiary/aromatic N) is 3. The molecule has 1 aromatic heterocycles. The van der Waals surface area contributed by atoms with Crippen LogP contribution >= 0.6 is 0 Å². The number of anilines is 1. The fraction of sp³-hybridized carbons (Fsp3) is 0.667. The van der Waals surface area contributed by atoms with Crippen molar-refractivity contribution < 1.29 is 4.74 Å². The van der Waals surface area contributed by atoms with Crippen molar-refractivity contribution in [1.82, 2.24) is 9.88 Å². The van der Waals surface area contributed by atoms with E-state index in [-0.39, 0.29) is 0 Å². The molecule has 2 aliphatic rings. The summed E-state index contributed by atoms with van der Waals surface area (Å²) in [6, 6.07) is 5.04. The Morgan fingerprint density at radius 1 is 1.32 bits per heavy atom. The van der Waals surface area contributed by atoms with Crippen molar-refractivity contribution in [2.75, 3.05) is 45.3 Å². The van der Waals surface area contributed by atoms with Gasteiger partial charge in [0.05, 0.1) is 6.61 Å². The van der Waals surface area contributed by atoms with E-state index in [9.17, 15) is 0 Å². The number of hydrogen-bond acceptors (Lipinski definition) is 4. The lowest BCUT2D eigenvalue weighted by Gasteiger charge is -2.44. The maximum absolute atomic E-state index is 5.53. The van der Waals surface area contributed by atoms with Gasteiger partial charge >= 0.3 is 0 Å². The van der Waals surface area contributed by atoms with Crippen LogP contribution in [0.4, 0.5) is 5.82 Å². The molecule has 3 heterocycles. The molecule has 2 aliphatic heterocycles. The molecule has 19 heavy (non-hydrogen) atoms. The van der Waals surface area contributed by atoms with Gasteiger partial charge in [-0.15, -0.1) is 0 Å². The third kappa shape index (κ3) is 2.47. The Hall–Kier alpha value is -1.13. The number of aromatic nitrogens is 1. The maximum atomic E-state index is 5.53. The summed E-state index contributed by atoms with van der Waals surface area (Å²) in [4.78, 5) is 9.49. The van der Waals surface area contributed by atoms with E-state index in [2.05, 4.69) is 43.0 Å². The zero-order valence-electron chi connectivity index (χ0n) is 12.1. The minimum Gasteiger partial charge on any atom is -0.381 e. The first-order chi connectivity index (χ1) is 9.15. The largest absolute Gasteiger partial charge is 0.381 e. The van der Waals surface area contributed by atoms with E-state index < -0.39 is 0 Å². The summed E-state index contributed by atoms with van der Waals surface area (Å²) in [7, 11) is 4.30. The summed E-state index contributed by atoms with van der Waals surface area (Å²) in [5.41, 5.74) is 2.48. The molecular weight excluding hydrogens is 238 g/mol. The fourth-order valence-electron chi connectivity index (χ4n) is 2.86. The Labute approximate surface area is 115 Å². The van der Waals surface area contributed by atoms with Gasteiger partial charge in [-0.1, -0.05) is 6.07 Å². The lowest BCUT2D eigenvalue weighted by Crippen LogP contribution is -2.58. The molecule has 0 spiro atoms. The lowest BCUT2D eigenvalue weighted by atomic mass is 9.96. The summed E-state index contributed by atoms with van der Waals surface area (Å²) in [6.45, 7) is 5.98. The van der Waals surface area contributed by atoms with E-state index in [0.717, 1.165) is 38.4 Å². The molecular formula is C15H23N3O. The number of aryl methyl sites for hydroxylation is 1. The van der Waals surface area contributed by atoms with Crippen molar-refractivity contribution >= 4 is 5.82 Å². The molecule has 0 aromatic carbocycles. The summed E-state index contributed by atoms with van der Waals surface area (Å²) in [6.07, 6.45) is 1.13. The van der Waals surface area contributed by atoms with E-state index in [1.165, 1.54) is 11.4 Å². The second-order valence-corrected chi connectivity index (χ2v) is 5.95. The van der Waals surface area contributed by atoms with Crippen LogP contribution in [0.1, 0.15) is 23.6 Å². The third-order valence-corrected chi connectivity index (χ3v) is 4.31. The molecule has 4 nitrogen and oxygen atoms in total. The number of hydrogen-bond donors (Lipinski definition) is 0. The number of rotatable bonds is 3. The van der Waals surface area contributed by atoms with Crippen LogP contribution in [0.2, 0.25) is 0 Å². The summed E-state index contributed by atoms with van der Waals surface area (Å²) in [5, 5.41) is 0. The van der Waals surface area contributed by atoms with Gasteiger partial charge in [-0.25, -0.2) is 4.98 Å². The van der Waals surface area contributed by atoms with Crippen LogP contribution in [0.15, 0.2) is 12.1 Å².